The van der Waals surface area contributed by atoms with Gasteiger partial charge < -0.3 is 10.2 Å². The van der Waals surface area contributed by atoms with Crippen molar-refractivity contribution in [1.29, 1.82) is 0 Å². The summed E-state index contributed by atoms with van der Waals surface area (Å²) < 4.78 is 52.4. The number of nitrogens with zero attached hydrogens (tertiary/aromatic N) is 1. The molecule has 2 aromatic rings. The second-order valence-corrected chi connectivity index (χ2v) is 6.39. The number of halogens is 5. The third-order valence-electron chi connectivity index (χ3n) is 3.67. The van der Waals surface area contributed by atoms with Crippen molar-refractivity contribution in [3.63, 3.8) is 0 Å². The van der Waals surface area contributed by atoms with E-state index in [1.165, 1.54) is 18.2 Å². The largest absolute Gasteiger partial charge is 0.418 e. The van der Waals surface area contributed by atoms with E-state index in [2.05, 4.69) is 21.2 Å². The number of carbonyl (C=O) groups is 2. The quantitative estimate of drug-likeness (QED) is 0.676. The first-order chi connectivity index (χ1) is 12.6. The third-order valence-corrected chi connectivity index (χ3v) is 4.33. The molecule has 4 nitrogen and oxygen atoms in total. The molecule has 27 heavy (non-hydrogen) atoms. The molecule has 144 valence electrons. The Balaban J connectivity index is 2.15. The van der Waals surface area contributed by atoms with Crippen LogP contribution < -0.4 is 5.32 Å². The Hall–Kier alpha value is -2.42. The van der Waals surface area contributed by atoms with Crippen LogP contribution in [0, 0.1) is 5.82 Å². The minimum absolute atomic E-state index is 0.136. The van der Waals surface area contributed by atoms with Gasteiger partial charge in [-0.3, -0.25) is 9.59 Å². The van der Waals surface area contributed by atoms with E-state index >= 15 is 0 Å². The maximum absolute atomic E-state index is 13.2. The van der Waals surface area contributed by atoms with Crippen LogP contribution in [-0.4, -0.2) is 29.8 Å². The van der Waals surface area contributed by atoms with Gasteiger partial charge in [0.25, 0.3) is 5.91 Å². The van der Waals surface area contributed by atoms with Crippen molar-refractivity contribution in [2.75, 3.05) is 18.4 Å². The highest BCUT2D eigenvalue weighted by Gasteiger charge is 2.33. The van der Waals surface area contributed by atoms with Crippen molar-refractivity contribution in [1.82, 2.24) is 4.90 Å². The first kappa shape index (κ1) is 20.9. The molecule has 0 aliphatic rings. The number of carbonyl (C=O) groups excluding carboxylic acids is 2. The highest BCUT2D eigenvalue weighted by atomic mass is 79.9. The van der Waals surface area contributed by atoms with Crippen molar-refractivity contribution in [3.05, 3.63) is 63.9 Å². The molecular formula is C18H15BrF4N2O2. The highest BCUT2D eigenvalue weighted by Crippen LogP contribution is 2.34. The maximum atomic E-state index is 13.2. The smallest absolute Gasteiger partial charge is 0.330 e. The van der Waals surface area contributed by atoms with Crippen LogP contribution in [0.25, 0.3) is 0 Å². The average Bonchev–Trinajstić information content (AvgIpc) is 2.58. The number of alkyl halides is 3. The molecule has 0 aliphatic carbocycles. The van der Waals surface area contributed by atoms with Gasteiger partial charge in [0.15, 0.2) is 0 Å². The molecule has 0 aromatic heterocycles. The Bertz CT molecular complexity index is 855. The van der Waals surface area contributed by atoms with Gasteiger partial charge in [-0.25, -0.2) is 4.39 Å². The molecule has 0 saturated carbocycles. The van der Waals surface area contributed by atoms with Crippen molar-refractivity contribution in [2.45, 2.75) is 13.1 Å². The molecule has 0 heterocycles. The monoisotopic (exact) mass is 446 g/mol. The summed E-state index contributed by atoms with van der Waals surface area (Å²) in [6.45, 7) is 1.30. The number of hydrogen-bond donors (Lipinski definition) is 1. The molecule has 1 N–H and O–H groups in total. The van der Waals surface area contributed by atoms with Gasteiger partial charge >= 0.3 is 6.18 Å². The Morgan fingerprint density at radius 1 is 1.15 bits per heavy atom. The Morgan fingerprint density at radius 3 is 2.41 bits per heavy atom. The summed E-state index contributed by atoms with van der Waals surface area (Å²) in [5.41, 5.74) is -1.22. The van der Waals surface area contributed by atoms with Gasteiger partial charge in [-0.1, -0.05) is 12.1 Å². The van der Waals surface area contributed by atoms with Crippen LogP contribution in [0.1, 0.15) is 22.8 Å². The summed E-state index contributed by atoms with van der Waals surface area (Å²) in [6.07, 6.45) is -4.62. The molecule has 0 atom stereocenters. The molecule has 0 fully saturated rings. The van der Waals surface area contributed by atoms with Crippen LogP contribution in [0.5, 0.6) is 0 Å². The van der Waals surface area contributed by atoms with E-state index in [0.29, 0.717) is 0 Å². The van der Waals surface area contributed by atoms with E-state index in [0.717, 1.165) is 29.2 Å². The number of hydrogen-bond acceptors (Lipinski definition) is 2. The van der Waals surface area contributed by atoms with E-state index in [-0.39, 0.29) is 22.3 Å². The highest BCUT2D eigenvalue weighted by molar-refractivity contribution is 9.10. The third kappa shape index (κ3) is 5.29. The van der Waals surface area contributed by atoms with Crippen molar-refractivity contribution >= 4 is 33.4 Å². The van der Waals surface area contributed by atoms with Crippen molar-refractivity contribution in [2.24, 2.45) is 0 Å². The van der Waals surface area contributed by atoms with Crippen LogP contribution in [0.2, 0.25) is 0 Å². The summed E-state index contributed by atoms with van der Waals surface area (Å²) in [5, 5.41) is 2.19. The average molecular weight is 447 g/mol. The first-order valence-electron chi connectivity index (χ1n) is 7.84. The maximum Gasteiger partial charge on any atom is 0.418 e. The second kappa shape index (κ2) is 8.51. The zero-order valence-corrected chi connectivity index (χ0v) is 15.7. The van der Waals surface area contributed by atoms with Crippen LogP contribution in [0.4, 0.5) is 23.2 Å². The van der Waals surface area contributed by atoms with E-state index in [9.17, 15) is 27.2 Å². The van der Waals surface area contributed by atoms with Crippen LogP contribution in [0.3, 0.4) is 0 Å². The van der Waals surface area contributed by atoms with Crippen LogP contribution in [-0.2, 0) is 11.0 Å². The van der Waals surface area contributed by atoms with Gasteiger partial charge in [-0.05, 0) is 53.2 Å². The first-order valence-corrected chi connectivity index (χ1v) is 8.63. The number of nitrogens with one attached hydrogen (secondary N) is 1. The minimum Gasteiger partial charge on any atom is -0.330 e. The fraction of sp³-hybridized carbons (Fsp3) is 0.222. The van der Waals surface area contributed by atoms with E-state index < -0.39 is 35.9 Å². The normalized spacial score (nSPS) is 11.2. The van der Waals surface area contributed by atoms with E-state index in [1.807, 2.05) is 0 Å². The molecule has 2 amide bonds. The fourth-order valence-corrected chi connectivity index (χ4v) is 2.88. The van der Waals surface area contributed by atoms with Gasteiger partial charge in [-0.15, -0.1) is 0 Å². The van der Waals surface area contributed by atoms with E-state index in [1.54, 1.807) is 6.92 Å². The zero-order valence-electron chi connectivity index (χ0n) is 14.1. The summed E-state index contributed by atoms with van der Waals surface area (Å²) in [4.78, 5) is 25.9. The number of anilines is 1. The van der Waals surface area contributed by atoms with Crippen LogP contribution >= 0.6 is 15.9 Å². The molecule has 9 heteroatoms. The minimum atomic E-state index is -4.62. The molecular weight excluding hydrogens is 432 g/mol. The predicted molar refractivity (Wildman–Crippen MR) is 95.8 cm³/mol. The SMILES string of the molecule is CCN(CC(=O)Nc1ccccc1C(F)(F)F)C(=O)c1ccc(F)cc1Br. The second-order valence-electron chi connectivity index (χ2n) is 5.54. The van der Waals surface area contributed by atoms with Crippen molar-refractivity contribution in [3.8, 4) is 0 Å². The summed E-state index contributed by atoms with van der Waals surface area (Å²) in [6, 6.07) is 8.05. The predicted octanol–water partition coefficient (Wildman–Crippen LogP) is 4.71. The summed E-state index contributed by atoms with van der Waals surface area (Å²) >= 11 is 3.08. The number of benzene rings is 2. The molecule has 0 unspecified atom stereocenters. The molecule has 0 spiro atoms. The van der Waals surface area contributed by atoms with Gasteiger partial charge in [0.1, 0.15) is 12.4 Å². The lowest BCUT2D eigenvalue weighted by molar-refractivity contribution is -0.137. The van der Waals surface area contributed by atoms with E-state index in [4.69, 9.17) is 0 Å². The fourth-order valence-electron chi connectivity index (χ4n) is 2.36. The Kier molecular flexibility index (Phi) is 6.59. The summed E-state index contributed by atoms with van der Waals surface area (Å²) in [7, 11) is 0. The number of para-hydroxylation sites is 1. The molecule has 0 radical (unpaired) electrons. The standard InChI is InChI=1S/C18H15BrF4N2O2/c1-2-25(17(27)12-8-7-11(20)9-14(12)19)10-16(26)24-15-6-4-3-5-13(15)18(21,22)23/h3-9H,2,10H2,1H3,(H,24,26). The molecule has 0 bridgehead atoms. The van der Waals surface area contributed by atoms with Gasteiger partial charge in [0.2, 0.25) is 5.91 Å². The van der Waals surface area contributed by atoms with Gasteiger partial charge in [0, 0.05) is 11.0 Å². The van der Waals surface area contributed by atoms with Gasteiger partial charge in [0.05, 0.1) is 16.8 Å². The Morgan fingerprint density at radius 2 is 1.81 bits per heavy atom. The lowest BCUT2D eigenvalue weighted by atomic mass is 10.1. The molecule has 0 saturated heterocycles. The molecule has 2 aromatic carbocycles. The number of amides is 2. The lowest BCUT2D eigenvalue weighted by Crippen LogP contribution is -2.38. The Labute approximate surface area is 161 Å². The van der Waals surface area contributed by atoms with Gasteiger partial charge in [-0.2, -0.15) is 13.2 Å². The number of rotatable bonds is 5. The topological polar surface area (TPSA) is 49.4 Å². The zero-order chi connectivity index (χ0) is 20.2. The summed E-state index contributed by atoms with van der Waals surface area (Å²) in [5.74, 6) is -1.87. The van der Waals surface area contributed by atoms with Crippen LogP contribution in [0.15, 0.2) is 46.9 Å². The molecule has 2 rings (SSSR count). The lowest BCUT2D eigenvalue weighted by Gasteiger charge is -2.21. The van der Waals surface area contributed by atoms with Crippen molar-refractivity contribution < 1.29 is 27.2 Å². The number of likely N-dealkylation sites (N-methyl/N-ethyl adjacent to an activating group) is 1. The molecule has 0 aliphatic heterocycles.